The highest BCUT2D eigenvalue weighted by atomic mass is 32.2. The lowest BCUT2D eigenvalue weighted by molar-refractivity contribution is 0.101. The summed E-state index contributed by atoms with van der Waals surface area (Å²) in [4.78, 5) is 13.4. The van der Waals surface area contributed by atoms with Gasteiger partial charge in [0.05, 0.1) is 4.90 Å². The lowest BCUT2D eigenvalue weighted by Gasteiger charge is -1.99. The van der Waals surface area contributed by atoms with Crippen LogP contribution >= 0.6 is 11.8 Å². The first-order chi connectivity index (χ1) is 10.3. The van der Waals surface area contributed by atoms with E-state index in [1.165, 1.54) is 0 Å². The Balaban J connectivity index is 2.02. The minimum atomic E-state index is -0.0897. The minimum absolute atomic E-state index is 0.0897. The van der Waals surface area contributed by atoms with Crippen molar-refractivity contribution in [2.75, 3.05) is 6.26 Å². The molecule has 0 amide bonds. The van der Waals surface area contributed by atoms with Crippen molar-refractivity contribution in [1.82, 2.24) is 0 Å². The normalized spacial score (nSPS) is 10.5. The van der Waals surface area contributed by atoms with E-state index in [1.54, 1.807) is 23.9 Å². The van der Waals surface area contributed by atoms with Crippen molar-refractivity contribution < 1.29 is 9.21 Å². The molecule has 0 aliphatic heterocycles. The fourth-order valence-corrected chi connectivity index (χ4v) is 2.73. The van der Waals surface area contributed by atoms with Crippen LogP contribution in [0.1, 0.15) is 16.1 Å². The van der Waals surface area contributed by atoms with Crippen molar-refractivity contribution in [1.29, 1.82) is 0 Å². The van der Waals surface area contributed by atoms with Crippen LogP contribution < -0.4 is 0 Å². The van der Waals surface area contributed by atoms with E-state index in [9.17, 15) is 4.79 Å². The molecule has 21 heavy (non-hydrogen) atoms. The molecular formula is C18H14O2S. The highest BCUT2D eigenvalue weighted by molar-refractivity contribution is 7.98. The first kappa shape index (κ1) is 13.7. The first-order valence-corrected chi connectivity index (χ1v) is 7.85. The highest BCUT2D eigenvalue weighted by Crippen LogP contribution is 2.34. The number of rotatable bonds is 4. The van der Waals surface area contributed by atoms with Crippen LogP contribution in [0.3, 0.4) is 0 Å². The Labute approximate surface area is 127 Å². The smallest absolute Gasteiger partial charge is 0.228 e. The Morgan fingerprint density at radius 3 is 2.19 bits per heavy atom. The number of thioether (sulfide) groups is 1. The van der Waals surface area contributed by atoms with Gasteiger partial charge in [-0.2, -0.15) is 0 Å². The number of hydrogen-bond donors (Lipinski definition) is 0. The van der Waals surface area contributed by atoms with Gasteiger partial charge in [-0.05, 0) is 6.26 Å². The molecule has 0 atom stereocenters. The van der Waals surface area contributed by atoms with E-state index in [0.717, 1.165) is 16.2 Å². The predicted molar refractivity (Wildman–Crippen MR) is 85.8 cm³/mol. The Morgan fingerprint density at radius 2 is 1.57 bits per heavy atom. The average molecular weight is 294 g/mol. The van der Waals surface area contributed by atoms with Gasteiger partial charge in [-0.1, -0.05) is 60.7 Å². The second-order valence-electron chi connectivity index (χ2n) is 4.57. The van der Waals surface area contributed by atoms with Gasteiger partial charge in [0, 0.05) is 17.2 Å². The number of benzene rings is 2. The Bertz CT molecular complexity index is 745. The fourth-order valence-electron chi connectivity index (χ4n) is 2.16. The molecule has 3 aromatic rings. The van der Waals surface area contributed by atoms with Crippen molar-refractivity contribution in [3.05, 3.63) is 78.1 Å². The molecule has 0 radical (unpaired) electrons. The Kier molecular flexibility index (Phi) is 3.93. The number of ketones is 1. The summed E-state index contributed by atoms with van der Waals surface area (Å²) in [6, 6.07) is 20.8. The largest absolute Gasteiger partial charge is 0.451 e. The van der Waals surface area contributed by atoms with E-state index in [0.29, 0.717) is 11.3 Å². The zero-order chi connectivity index (χ0) is 14.7. The maximum atomic E-state index is 12.5. The molecular weight excluding hydrogens is 280 g/mol. The van der Waals surface area contributed by atoms with E-state index in [-0.39, 0.29) is 5.78 Å². The summed E-state index contributed by atoms with van der Waals surface area (Å²) in [5.74, 6) is 1.04. The fraction of sp³-hybridized carbons (Fsp3) is 0.0556. The van der Waals surface area contributed by atoms with Crippen LogP contribution in [0.15, 0.2) is 76.0 Å². The standard InChI is InChI=1S/C18H14O2S/c1-21-16-12-15(17(19)13-8-4-2-5-9-13)20-18(16)14-10-6-3-7-11-14/h2-12H,1H3. The van der Waals surface area contributed by atoms with Crippen LogP contribution in [-0.2, 0) is 0 Å². The number of carbonyl (C=O) groups is 1. The first-order valence-electron chi connectivity index (χ1n) is 6.62. The highest BCUT2D eigenvalue weighted by Gasteiger charge is 2.18. The van der Waals surface area contributed by atoms with Gasteiger partial charge in [0.15, 0.2) is 5.76 Å². The molecule has 3 rings (SSSR count). The van der Waals surface area contributed by atoms with Gasteiger partial charge in [-0.25, -0.2) is 0 Å². The van der Waals surface area contributed by atoms with E-state index in [4.69, 9.17) is 4.42 Å². The third-order valence-electron chi connectivity index (χ3n) is 3.21. The molecule has 0 spiro atoms. The van der Waals surface area contributed by atoms with Gasteiger partial charge < -0.3 is 4.42 Å². The van der Waals surface area contributed by atoms with E-state index < -0.39 is 0 Å². The quantitative estimate of drug-likeness (QED) is 0.506. The lowest BCUT2D eigenvalue weighted by Crippen LogP contribution is -1.98. The Hall–Kier alpha value is -2.26. The summed E-state index contributed by atoms with van der Waals surface area (Å²) in [7, 11) is 0. The molecule has 0 fully saturated rings. The molecule has 1 aromatic heterocycles. The lowest BCUT2D eigenvalue weighted by atomic mass is 10.1. The molecule has 0 aliphatic carbocycles. The molecule has 0 bridgehead atoms. The molecule has 3 heteroatoms. The van der Waals surface area contributed by atoms with Crippen LogP contribution in [0, 0.1) is 0 Å². The number of carbonyl (C=O) groups excluding carboxylic acids is 1. The average Bonchev–Trinajstić information content (AvgIpc) is 3.00. The molecule has 0 saturated heterocycles. The summed E-state index contributed by atoms with van der Waals surface area (Å²) in [6.45, 7) is 0. The zero-order valence-corrected chi connectivity index (χ0v) is 12.4. The van der Waals surface area contributed by atoms with Gasteiger partial charge in [0.2, 0.25) is 5.78 Å². The molecule has 0 unspecified atom stereocenters. The van der Waals surface area contributed by atoms with Crippen molar-refractivity contribution in [3.63, 3.8) is 0 Å². The van der Waals surface area contributed by atoms with Gasteiger partial charge in [0.25, 0.3) is 0 Å². The van der Waals surface area contributed by atoms with Crippen molar-refractivity contribution in [3.8, 4) is 11.3 Å². The van der Waals surface area contributed by atoms with Crippen molar-refractivity contribution in [2.24, 2.45) is 0 Å². The molecule has 0 saturated carbocycles. The zero-order valence-electron chi connectivity index (χ0n) is 11.6. The van der Waals surface area contributed by atoms with Gasteiger partial charge in [-0.3, -0.25) is 4.79 Å². The van der Waals surface area contributed by atoms with E-state index >= 15 is 0 Å². The third kappa shape index (κ3) is 2.78. The predicted octanol–water partition coefficient (Wildman–Crippen LogP) is 4.90. The molecule has 104 valence electrons. The van der Waals surface area contributed by atoms with Crippen LogP contribution in [0.25, 0.3) is 11.3 Å². The topological polar surface area (TPSA) is 30.2 Å². The summed E-state index contributed by atoms with van der Waals surface area (Å²) in [5.41, 5.74) is 1.62. The second-order valence-corrected chi connectivity index (χ2v) is 5.42. The maximum absolute atomic E-state index is 12.5. The van der Waals surface area contributed by atoms with Crippen LogP contribution in [0.5, 0.6) is 0 Å². The number of furan rings is 1. The second kappa shape index (κ2) is 6.02. The van der Waals surface area contributed by atoms with E-state index in [2.05, 4.69) is 0 Å². The van der Waals surface area contributed by atoms with Crippen LogP contribution in [0.4, 0.5) is 0 Å². The summed E-state index contributed by atoms with van der Waals surface area (Å²) in [6.07, 6.45) is 1.98. The number of hydrogen-bond acceptors (Lipinski definition) is 3. The Morgan fingerprint density at radius 1 is 0.952 bits per heavy atom. The van der Waals surface area contributed by atoms with Crippen molar-refractivity contribution in [2.45, 2.75) is 4.90 Å². The summed E-state index contributed by atoms with van der Waals surface area (Å²) >= 11 is 1.58. The third-order valence-corrected chi connectivity index (χ3v) is 3.96. The summed E-state index contributed by atoms with van der Waals surface area (Å²) in [5, 5.41) is 0. The molecule has 0 N–H and O–H groups in total. The van der Waals surface area contributed by atoms with Crippen molar-refractivity contribution >= 4 is 17.5 Å². The molecule has 2 nitrogen and oxygen atoms in total. The molecule has 0 aliphatic rings. The minimum Gasteiger partial charge on any atom is -0.451 e. The SMILES string of the molecule is CSc1cc(C(=O)c2ccccc2)oc1-c1ccccc1. The van der Waals surface area contributed by atoms with E-state index in [1.807, 2.05) is 60.9 Å². The summed E-state index contributed by atoms with van der Waals surface area (Å²) < 4.78 is 5.84. The molecule has 1 heterocycles. The van der Waals surface area contributed by atoms with Crippen LogP contribution in [-0.4, -0.2) is 12.0 Å². The van der Waals surface area contributed by atoms with Crippen LogP contribution in [0.2, 0.25) is 0 Å². The monoisotopic (exact) mass is 294 g/mol. The maximum Gasteiger partial charge on any atom is 0.228 e. The van der Waals surface area contributed by atoms with Gasteiger partial charge in [0.1, 0.15) is 5.76 Å². The van der Waals surface area contributed by atoms with Gasteiger partial charge in [-0.15, -0.1) is 11.8 Å². The van der Waals surface area contributed by atoms with Gasteiger partial charge >= 0.3 is 0 Å². The molecule has 2 aromatic carbocycles.